The topological polar surface area (TPSA) is 108 Å². The van der Waals surface area contributed by atoms with Crippen molar-refractivity contribution in [3.8, 4) is 0 Å². The smallest absolute Gasteiger partial charge is 0.203 e. The van der Waals surface area contributed by atoms with Gasteiger partial charge in [0, 0.05) is 50.7 Å². The second-order valence-corrected chi connectivity index (χ2v) is 8.71. The van der Waals surface area contributed by atoms with Crippen molar-refractivity contribution in [1.82, 2.24) is 20.1 Å². The van der Waals surface area contributed by atoms with Crippen molar-refractivity contribution in [2.45, 2.75) is 72.7 Å². The number of nitrogens with one attached hydrogen (secondary N) is 2. The normalized spacial score (nSPS) is 14.6. The Morgan fingerprint density at radius 2 is 2.05 bits per heavy atom. The Morgan fingerprint density at radius 3 is 2.65 bits per heavy atom. The van der Waals surface area contributed by atoms with Crippen LogP contribution in [0, 0.1) is 5.41 Å². The summed E-state index contributed by atoms with van der Waals surface area (Å²) in [7, 11) is 3.56. The third-order valence-electron chi connectivity index (χ3n) is 5.68. The molecule has 0 fully saturated rings. The fraction of sp³-hybridized carbons (Fsp3) is 0.500. The van der Waals surface area contributed by atoms with Crippen LogP contribution in [-0.4, -0.2) is 72.9 Å². The monoisotopic (exact) mass is 557 g/mol. The summed E-state index contributed by atoms with van der Waals surface area (Å²) in [6.07, 6.45) is 11.5. The summed E-state index contributed by atoms with van der Waals surface area (Å²) in [6.45, 7) is 17.2. The molecule has 2 N–H and O–H groups in total. The number of rotatable bonds is 17. The molecular formula is C30H48FN7O2. The van der Waals surface area contributed by atoms with E-state index in [-0.39, 0.29) is 23.7 Å². The molecule has 0 aliphatic carbocycles. The van der Waals surface area contributed by atoms with E-state index in [1.165, 1.54) is 12.3 Å². The third-order valence-corrected chi connectivity index (χ3v) is 5.68. The minimum absolute atomic E-state index is 0.142. The Kier molecular flexibility index (Phi) is 19.3. The maximum absolute atomic E-state index is 14.1. The highest BCUT2D eigenvalue weighted by molar-refractivity contribution is 5.76. The lowest BCUT2D eigenvalue weighted by Gasteiger charge is -2.21. The molecule has 0 amide bonds. The van der Waals surface area contributed by atoms with E-state index in [9.17, 15) is 9.18 Å². The molecule has 1 aromatic rings. The molecule has 0 bridgehead atoms. The Bertz CT molecular complexity index is 1110. The molecule has 3 unspecified atom stereocenters. The predicted molar refractivity (Wildman–Crippen MR) is 166 cm³/mol. The summed E-state index contributed by atoms with van der Waals surface area (Å²) in [4.78, 5) is 16.6. The number of aliphatic imine (C=N–C) groups is 1. The van der Waals surface area contributed by atoms with Gasteiger partial charge in [0.2, 0.25) is 5.43 Å². The number of aromatic nitrogens is 2. The molecule has 0 aliphatic rings. The molecule has 3 atom stereocenters. The van der Waals surface area contributed by atoms with Crippen molar-refractivity contribution in [1.29, 1.82) is 5.41 Å². The van der Waals surface area contributed by atoms with Crippen LogP contribution in [0.2, 0.25) is 0 Å². The van der Waals surface area contributed by atoms with Crippen LogP contribution < -0.4 is 10.7 Å². The Labute approximate surface area is 239 Å². The SMILES string of the molecule is C=C(\C=C/C(C)=C/C=N/C=C(\C=N)OC(CC)C(F)CNC)C(C)c1nn(C/C=N\N(C)CC)ccc1=O.CC. The van der Waals surface area contributed by atoms with Crippen molar-refractivity contribution >= 4 is 18.6 Å². The Balaban J connectivity index is 0.00000742. The zero-order chi connectivity index (χ0) is 30.5. The third kappa shape index (κ3) is 13.9. The first-order chi connectivity index (χ1) is 19.2. The number of halogens is 1. The number of hydrogen-bond acceptors (Lipinski definition) is 8. The Morgan fingerprint density at radius 1 is 1.35 bits per heavy atom. The number of alkyl halides is 1. The van der Waals surface area contributed by atoms with Crippen LogP contribution >= 0.6 is 0 Å². The number of ether oxygens (including phenoxy) is 1. The second-order valence-electron chi connectivity index (χ2n) is 8.71. The molecule has 0 aromatic carbocycles. The van der Waals surface area contributed by atoms with Crippen molar-refractivity contribution in [2.75, 3.05) is 27.2 Å². The van der Waals surface area contributed by atoms with Crippen LogP contribution in [0.3, 0.4) is 0 Å². The van der Waals surface area contributed by atoms with Crippen LogP contribution in [-0.2, 0) is 11.3 Å². The van der Waals surface area contributed by atoms with E-state index < -0.39 is 12.3 Å². The van der Waals surface area contributed by atoms with E-state index in [1.54, 1.807) is 36.4 Å². The molecule has 0 aliphatic heterocycles. The van der Waals surface area contributed by atoms with Crippen molar-refractivity contribution in [3.05, 3.63) is 76.1 Å². The largest absolute Gasteiger partial charge is 0.484 e. The van der Waals surface area contributed by atoms with Gasteiger partial charge in [-0.15, -0.1) is 0 Å². The van der Waals surface area contributed by atoms with Gasteiger partial charge in [-0.2, -0.15) is 10.2 Å². The quantitative estimate of drug-likeness (QED) is 0.117. The maximum atomic E-state index is 14.1. The molecule has 40 heavy (non-hydrogen) atoms. The Hall–Kier alpha value is -3.66. The standard InChI is InChI=1S/C28H42FN7O2.C2H6/c1-8-27(25(29)20-31-6)38-24(18-30)19-32-14-12-21(3)10-11-22(4)23(5)28-26(37)13-16-36(34-28)17-15-33-35(7)9-2;1-2/h10-16,18-19,23,25,27,30-31H,4,8-9,17,20H2,1-3,5-7H3;1-2H3/b11-10-,21-12+,24-19+,30-18?,32-14+,33-15-;. The van der Waals surface area contributed by atoms with Crippen LogP contribution in [0.15, 0.2) is 75.1 Å². The molecule has 0 radical (unpaired) electrons. The van der Waals surface area contributed by atoms with Gasteiger partial charge in [-0.3, -0.25) is 14.5 Å². The van der Waals surface area contributed by atoms with E-state index in [0.29, 0.717) is 18.7 Å². The van der Waals surface area contributed by atoms with Crippen LogP contribution in [0.1, 0.15) is 59.6 Å². The summed E-state index contributed by atoms with van der Waals surface area (Å²) in [5.74, 6) is -0.0905. The fourth-order valence-corrected chi connectivity index (χ4v) is 3.11. The average Bonchev–Trinajstić information content (AvgIpc) is 2.96. The summed E-state index contributed by atoms with van der Waals surface area (Å²) in [6, 6.07) is 1.51. The molecule has 0 spiro atoms. The van der Waals surface area contributed by atoms with Crippen molar-refractivity contribution in [3.63, 3.8) is 0 Å². The lowest BCUT2D eigenvalue weighted by Crippen LogP contribution is -2.33. The van der Waals surface area contributed by atoms with E-state index in [4.69, 9.17) is 10.1 Å². The first-order valence-electron chi connectivity index (χ1n) is 13.7. The molecule has 1 rings (SSSR count). The molecule has 0 saturated heterocycles. The minimum atomic E-state index is -1.18. The van der Waals surface area contributed by atoms with Crippen LogP contribution in [0.5, 0.6) is 0 Å². The van der Waals surface area contributed by atoms with Gasteiger partial charge in [0.1, 0.15) is 18.0 Å². The molecule has 0 saturated carbocycles. The van der Waals surface area contributed by atoms with Crippen molar-refractivity contribution < 1.29 is 9.13 Å². The first kappa shape index (κ1) is 36.3. The zero-order valence-corrected chi connectivity index (χ0v) is 25.4. The van der Waals surface area contributed by atoms with Crippen molar-refractivity contribution in [2.24, 2.45) is 10.1 Å². The number of hydrogen-bond donors (Lipinski definition) is 2. The molecule has 10 heteroatoms. The fourth-order valence-electron chi connectivity index (χ4n) is 3.11. The first-order valence-corrected chi connectivity index (χ1v) is 13.7. The molecule has 9 nitrogen and oxygen atoms in total. The number of allylic oxidation sites excluding steroid dienone is 6. The lowest BCUT2D eigenvalue weighted by atomic mass is 9.97. The van der Waals surface area contributed by atoms with Crippen LogP contribution in [0.25, 0.3) is 0 Å². The van der Waals surface area contributed by atoms with E-state index in [1.807, 2.05) is 65.8 Å². The second kappa shape index (κ2) is 21.2. The highest BCUT2D eigenvalue weighted by atomic mass is 19.1. The summed E-state index contributed by atoms with van der Waals surface area (Å²) < 4.78 is 21.4. The summed E-state index contributed by atoms with van der Waals surface area (Å²) in [5, 5.41) is 20.8. The maximum Gasteiger partial charge on any atom is 0.203 e. The van der Waals surface area contributed by atoms with Crippen LogP contribution in [0.4, 0.5) is 4.39 Å². The molecule has 222 valence electrons. The van der Waals surface area contributed by atoms with Gasteiger partial charge in [-0.05, 0) is 44.5 Å². The van der Waals surface area contributed by atoms with Gasteiger partial charge in [-0.1, -0.05) is 46.4 Å². The predicted octanol–water partition coefficient (Wildman–Crippen LogP) is 5.28. The lowest BCUT2D eigenvalue weighted by molar-refractivity contribution is 0.0500. The molecule has 1 heterocycles. The van der Waals surface area contributed by atoms with E-state index >= 15 is 0 Å². The average molecular weight is 558 g/mol. The van der Waals surface area contributed by atoms with E-state index in [0.717, 1.165) is 23.9 Å². The highest BCUT2D eigenvalue weighted by Crippen LogP contribution is 2.19. The van der Waals surface area contributed by atoms with Gasteiger partial charge in [-0.25, -0.2) is 4.39 Å². The summed E-state index contributed by atoms with van der Waals surface area (Å²) in [5.41, 5.74) is 1.91. The summed E-state index contributed by atoms with van der Waals surface area (Å²) >= 11 is 0. The van der Waals surface area contributed by atoms with E-state index in [2.05, 4.69) is 27.1 Å². The highest BCUT2D eigenvalue weighted by Gasteiger charge is 2.20. The number of hydrazone groups is 1. The van der Waals surface area contributed by atoms with Gasteiger partial charge >= 0.3 is 0 Å². The van der Waals surface area contributed by atoms with Gasteiger partial charge in [0.15, 0.2) is 5.76 Å². The van der Waals surface area contributed by atoms with Gasteiger partial charge in [0.25, 0.3) is 0 Å². The molecule has 1 aromatic heterocycles. The number of nitrogens with zero attached hydrogens (tertiary/aromatic N) is 5. The molecular weight excluding hydrogens is 509 g/mol. The minimum Gasteiger partial charge on any atom is -0.484 e. The van der Waals surface area contributed by atoms with Gasteiger partial charge in [0.05, 0.1) is 19.0 Å². The van der Waals surface area contributed by atoms with Gasteiger partial charge < -0.3 is 20.5 Å². The zero-order valence-electron chi connectivity index (χ0n) is 25.4.